The Bertz CT molecular complexity index is 861. The van der Waals surface area contributed by atoms with E-state index in [1.165, 1.54) is 0 Å². The van der Waals surface area contributed by atoms with E-state index in [1.807, 2.05) is 0 Å². The Morgan fingerprint density at radius 1 is 0.262 bits per heavy atom. The summed E-state index contributed by atoms with van der Waals surface area (Å²) in [5.41, 5.74) is 0.366. The zero-order chi connectivity index (χ0) is 44.0. The van der Waals surface area contributed by atoms with Crippen LogP contribution in [0.5, 0.6) is 0 Å². The van der Waals surface area contributed by atoms with Crippen LogP contribution in [-0.4, -0.2) is 251 Å². The van der Waals surface area contributed by atoms with Gasteiger partial charge in [0.2, 0.25) is 0 Å². The molecule has 0 saturated carbocycles. The highest BCUT2D eigenvalue weighted by atomic mass is 16.6. The number of methoxy groups -OCH3 is 1. The fourth-order valence-corrected chi connectivity index (χ4v) is 4.08. The van der Waals surface area contributed by atoms with E-state index in [1.54, 1.807) is 14.0 Å². The standard InChI is InChI=1S/C41H80O20/c1-40(2)41(42)61-39-38-60-37-36-59-35-34-58-33-32-57-31-30-56-29-28-55-27-26-54-25-24-53-23-22-52-21-20-51-19-18-50-17-16-49-15-14-48-13-12-47-11-10-46-9-8-45-7-6-44-5-4-43-3/h1,4-39H2,2-3H3. The first-order chi connectivity index (χ1) is 30.2. The number of hydrogen-bond donors (Lipinski definition) is 0. The quantitative estimate of drug-likeness (QED) is 0.0477. The molecule has 0 rings (SSSR count). The second-order valence-corrected chi connectivity index (χ2v) is 12.3. The molecule has 0 heterocycles. The van der Waals surface area contributed by atoms with Gasteiger partial charge in [-0.2, -0.15) is 0 Å². The van der Waals surface area contributed by atoms with Gasteiger partial charge in [-0.1, -0.05) is 6.58 Å². The van der Waals surface area contributed by atoms with Crippen LogP contribution < -0.4 is 0 Å². The van der Waals surface area contributed by atoms with Crippen molar-refractivity contribution in [3.63, 3.8) is 0 Å². The monoisotopic (exact) mass is 893 g/mol. The van der Waals surface area contributed by atoms with Gasteiger partial charge >= 0.3 is 5.97 Å². The summed E-state index contributed by atoms with van der Waals surface area (Å²) in [6.07, 6.45) is 0. The zero-order valence-corrected chi connectivity index (χ0v) is 37.3. The molecular formula is C41H80O20. The lowest BCUT2D eigenvalue weighted by Gasteiger charge is -2.09. The Hall–Kier alpha value is -1.51. The van der Waals surface area contributed by atoms with Crippen LogP contribution in [0.15, 0.2) is 12.2 Å². The molecule has 0 aliphatic carbocycles. The average molecular weight is 893 g/mol. The number of hydrogen-bond acceptors (Lipinski definition) is 20. The van der Waals surface area contributed by atoms with Crippen LogP contribution in [0.1, 0.15) is 6.92 Å². The van der Waals surface area contributed by atoms with Crippen molar-refractivity contribution in [2.45, 2.75) is 6.92 Å². The van der Waals surface area contributed by atoms with Gasteiger partial charge in [-0.3, -0.25) is 0 Å². The van der Waals surface area contributed by atoms with Crippen molar-refractivity contribution in [1.82, 2.24) is 0 Å². The third-order valence-corrected chi connectivity index (χ3v) is 7.19. The lowest BCUT2D eigenvalue weighted by molar-refractivity contribution is -0.140. The molecule has 364 valence electrons. The molecule has 0 aromatic heterocycles. The molecule has 0 bridgehead atoms. The van der Waals surface area contributed by atoms with E-state index < -0.39 is 5.97 Å². The van der Waals surface area contributed by atoms with Gasteiger partial charge in [-0.05, 0) is 6.92 Å². The minimum absolute atomic E-state index is 0.194. The summed E-state index contributed by atoms with van der Waals surface area (Å²) in [7, 11) is 1.64. The molecule has 0 aliphatic rings. The minimum atomic E-state index is -0.417. The summed E-state index contributed by atoms with van der Waals surface area (Å²) in [5.74, 6) is -0.417. The number of carbonyl (C=O) groups excluding carboxylic acids is 1. The van der Waals surface area contributed by atoms with Gasteiger partial charge in [0, 0.05) is 12.7 Å². The lowest BCUT2D eigenvalue weighted by Crippen LogP contribution is -2.16. The molecule has 0 unspecified atom stereocenters. The minimum Gasteiger partial charge on any atom is -0.460 e. The Labute approximate surface area is 364 Å². The molecule has 0 amide bonds. The Kier molecular flexibility index (Phi) is 53.3. The number of rotatable bonds is 55. The number of esters is 1. The van der Waals surface area contributed by atoms with E-state index in [0.717, 1.165) is 0 Å². The summed E-state index contributed by atoms with van der Waals surface area (Å²) >= 11 is 0. The van der Waals surface area contributed by atoms with Crippen molar-refractivity contribution in [2.75, 3.05) is 245 Å². The van der Waals surface area contributed by atoms with Crippen molar-refractivity contribution in [2.24, 2.45) is 0 Å². The number of ether oxygens (including phenoxy) is 19. The van der Waals surface area contributed by atoms with E-state index in [2.05, 4.69) is 6.58 Å². The molecule has 0 radical (unpaired) electrons. The maximum absolute atomic E-state index is 11.2. The summed E-state index contributed by atoms with van der Waals surface area (Å²) < 4.78 is 103. The van der Waals surface area contributed by atoms with Crippen molar-refractivity contribution in [3.8, 4) is 0 Å². The molecule has 0 N–H and O–H groups in total. The number of carbonyl (C=O) groups is 1. The predicted octanol–water partition coefficient (Wildman–Crippen LogP) is 1.03. The first-order valence-corrected chi connectivity index (χ1v) is 21.3. The molecule has 61 heavy (non-hydrogen) atoms. The third kappa shape index (κ3) is 54.6. The van der Waals surface area contributed by atoms with E-state index in [4.69, 9.17) is 90.0 Å². The van der Waals surface area contributed by atoms with E-state index in [9.17, 15) is 4.79 Å². The molecule has 0 spiro atoms. The zero-order valence-electron chi connectivity index (χ0n) is 37.3. The first kappa shape index (κ1) is 59.5. The normalized spacial score (nSPS) is 11.5. The average Bonchev–Trinajstić information content (AvgIpc) is 3.26. The highest BCUT2D eigenvalue weighted by Crippen LogP contribution is 1.92. The van der Waals surface area contributed by atoms with Crippen molar-refractivity contribution >= 4 is 5.97 Å². The van der Waals surface area contributed by atoms with Gasteiger partial charge < -0.3 is 90.0 Å². The van der Waals surface area contributed by atoms with Gasteiger partial charge in [0.15, 0.2) is 0 Å². The van der Waals surface area contributed by atoms with Gasteiger partial charge in [-0.25, -0.2) is 4.79 Å². The highest BCUT2D eigenvalue weighted by molar-refractivity contribution is 5.86. The topological polar surface area (TPSA) is 192 Å². The van der Waals surface area contributed by atoms with E-state index in [0.29, 0.717) is 237 Å². The summed E-state index contributed by atoms with van der Waals surface area (Å²) in [6.45, 7) is 22.5. The molecule has 0 atom stereocenters. The second-order valence-electron chi connectivity index (χ2n) is 12.3. The molecular weight excluding hydrogens is 812 g/mol. The predicted molar refractivity (Wildman–Crippen MR) is 222 cm³/mol. The van der Waals surface area contributed by atoms with Crippen LogP contribution in [0.2, 0.25) is 0 Å². The second kappa shape index (κ2) is 54.6. The fourth-order valence-electron chi connectivity index (χ4n) is 4.08. The lowest BCUT2D eigenvalue weighted by atomic mass is 10.4. The summed E-state index contributed by atoms with van der Waals surface area (Å²) in [5, 5.41) is 0. The largest absolute Gasteiger partial charge is 0.460 e. The third-order valence-electron chi connectivity index (χ3n) is 7.19. The van der Waals surface area contributed by atoms with Gasteiger partial charge in [0.1, 0.15) is 6.61 Å². The maximum atomic E-state index is 11.2. The maximum Gasteiger partial charge on any atom is 0.333 e. The van der Waals surface area contributed by atoms with Crippen LogP contribution in [0.3, 0.4) is 0 Å². The molecule has 0 aromatic rings. The molecule has 20 heteroatoms. The SMILES string of the molecule is C=C(C)C(=O)OCCOCCOCCOCCOCCOCCOCCOCCOCCOCCOCCOCCOCCOCCOCCOCCOCCOCCOC. The van der Waals surface area contributed by atoms with E-state index in [-0.39, 0.29) is 6.61 Å². The molecule has 20 nitrogen and oxygen atoms in total. The Morgan fingerprint density at radius 2 is 0.393 bits per heavy atom. The molecule has 0 aromatic carbocycles. The Morgan fingerprint density at radius 3 is 0.525 bits per heavy atom. The highest BCUT2D eigenvalue weighted by Gasteiger charge is 2.02. The fraction of sp³-hybridized carbons (Fsp3) is 0.927. The van der Waals surface area contributed by atoms with Crippen LogP contribution in [0, 0.1) is 0 Å². The Balaban J connectivity index is 3.08. The van der Waals surface area contributed by atoms with Crippen molar-refractivity contribution in [3.05, 3.63) is 12.2 Å². The molecule has 0 saturated heterocycles. The smallest absolute Gasteiger partial charge is 0.333 e. The van der Waals surface area contributed by atoms with Crippen LogP contribution in [0.4, 0.5) is 0 Å². The van der Waals surface area contributed by atoms with Crippen molar-refractivity contribution < 1.29 is 94.8 Å². The van der Waals surface area contributed by atoms with E-state index >= 15 is 0 Å². The van der Waals surface area contributed by atoms with Crippen LogP contribution in [0.25, 0.3) is 0 Å². The van der Waals surface area contributed by atoms with Crippen molar-refractivity contribution in [1.29, 1.82) is 0 Å². The first-order valence-electron chi connectivity index (χ1n) is 21.3. The molecule has 0 fully saturated rings. The van der Waals surface area contributed by atoms with Crippen LogP contribution in [-0.2, 0) is 94.8 Å². The van der Waals surface area contributed by atoms with Gasteiger partial charge in [0.25, 0.3) is 0 Å². The van der Waals surface area contributed by atoms with Gasteiger partial charge in [-0.15, -0.1) is 0 Å². The summed E-state index contributed by atoms with van der Waals surface area (Å²) in [4.78, 5) is 11.2. The van der Waals surface area contributed by atoms with Gasteiger partial charge in [0.05, 0.1) is 231 Å². The molecule has 0 aliphatic heterocycles. The van der Waals surface area contributed by atoms with Crippen LogP contribution >= 0.6 is 0 Å². The summed E-state index contributed by atoms with van der Waals surface area (Å²) in [6, 6.07) is 0.